The topological polar surface area (TPSA) is 21.3 Å². The summed E-state index contributed by atoms with van der Waals surface area (Å²) in [6.45, 7) is 6.41. The van der Waals surface area contributed by atoms with Crippen LogP contribution in [0.3, 0.4) is 0 Å². The van der Waals surface area contributed by atoms with Crippen molar-refractivity contribution in [2.45, 2.75) is 32.8 Å². The molecule has 0 atom stereocenters. The Kier molecular flexibility index (Phi) is 5.33. The first-order valence-corrected chi connectivity index (χ1v) is 4.11. The highest BCUT2D eigenvalue weighted by atomic mass is 19.3. The van der Waals surface area contributed by atoms with Crippen LogP contribution in [0.5, 0.6) is 0 Å². The smallest absolute Gasteiger partial charge is 0.250 e. The molecule has 0 aliphatic heterocycles. The summed E-state index contributed by atoms with van der Waals surface area (Å²) in [7, 11) is 0. The standard InChI is InChI=1S/C8H17F2NO/c1-4-12-8(2,3)6-11-5-7(9)10/h7,11H,4-6H2,1-3H3. The Balaban J connectivity index is 3.46. The zero-order chi connectivity index (χ0) is 9.61. The van der Waals surface area contributed by atoms with E-state index in [1.165, 1.54) is 0 Å². The van der Waals surface area contributed by atoms with Crippen LogP contribution in [-0.2, 0) is 4.74 Å². The van der Waals surface area contributed by atoms with Crippen molar-refractivity contribution in [3.05, 3.63) is 0 Å². The Bertz CT molecular complexity index is 118. The Labute approximate surface area is 72.3 Å². The third-order valence-corrected chi connectivity index (χ3v) is 1.38. The van der Waals surface area contributed by atoms with Crippen LogP contribution in [0, 0.1) is 0 Å². The van der Waals surface area contributed by atoms with E-state index in [0.717, 1.165) is 0 Å². The fraction of sp³-hybridized carbons (Fsp3) is 1.00. The van der Waals surface area contributed by atoms with Crippen molar-refractivity contribution in [1.82, 2.24) is 5.32 Å². The van der Waals surface area contributed by atoms with Crippen LogP contribution in [-0.4, -0.2) is 31.7 Å². The Morgan fingerprint density at radius 1 is 1.42 bits per heavy atom. The van der Waals surface area contributed by atoms with Gasteiger partial charge in [0.1, 0.15) is 0 Å². The lowest BCUT2D eigenvalue weighted by Gasteiger charge is -2.24. The molecule has 0 saturated carbocycles. The van der Waals surface area contributed by atoms with E-state index in [2.05, 4.69) is 5.32 Å². The van der Waals surface area contributed by atoms with E-state index >= 15 is 0 Å². The van der Waals surface area contributed by atoms with Gasteiger partial charge in [0.2, 0.25) is 0 Å². The van der Waals surface area contributed by atoms with E-state index in [1.807, 2.05) is 20.8 Å². The van der Waals surface area contributed by atoms with Crippen molar-refractivity contribution in [1.29, 1.82) is 0 Å². The second-order valence-corrected chi connectivity index (χ2v) is 3.21. The summed E-state index contributed by atoms with van der Waals surface area (Å²) in [4.78, 5) is 0. The van der Waals surface area contributed by atoms with Gasteiger partial charge in [-0.05, 0) is 20.8 Å². The van der Waals surface area contributed by atoms with E-state index in [4.69, 9.17) is 4.74 Å². The number of rotatable bonds is 6. The van der Waals surface area contributed by atoms with Gasteiger partial charge in [0.15, 0.2) is 0 Å². The predicted molar refractivity (Wildman–Crippen MR) is 44.6 cm³/mol. The molecule has 0 aromatic carbocycles. The molecule has 0 aromatic rings. The van der Waals surface area contributed by atoms with Crippen molar-refractivity contribution >= 4 is 0 Å². The van der Waals surface area contributed by atoms with Crippen molar-refractivity contribution in [2.24, 2.45) is 0 Å². The molecular weight excluding hydrogens is 164 g/mol. The average molecular weight is 181 g/mol. The highest BCUT2D eigenvalue weighted by Crippen LogP contribution is 2.06. The molecule has 0 aliphatic carbocycles. The third-order valence-electron chi connectivity index (χ3n) is 1.38. The summed E-state index contributed by atoms with van der Waals surface area (Å²) in [6.07, 6.45) is -2.29. The summed E-state index contributed by atoms with van der Waals surface area (Å²) in [5.74, 6) is 0. The number of halogens is 2. The van der Waals surface area contributed by atoms with Crippen molar-refractivity contribution < 1.29 is 13.5 Å². The summed E-state index contributed by atoms with van der Waals surface area (Å²) in [6, 6.07) is 0. The number of hydrogen-bond donors (Lipinski definition) is 1. The molecule has 0 aliphatic rings. The molecule has 1 N–H and O–H groups in total. The minimum Gasteiger partial charge on any atom is -0.375 e. The first-order valence-electron chi connectivity index (χ1n) is 4.11. The molecule has 0 radical (unpaired) electrons. The fourth-order valence-corrected chi connectivity index (χ4v) is 0.924. The minimum atomic E-state index is -2.29. The zero-order valence-corrected chi connectivity index (χ0v) is 7.86. The second kappa shape index (κ2) is 5.43. The highest BCUT2D eigenvalue weighted by molar-refractivity contribution is 4.71. The number of hydrogen-bond acceptors (Lipinski definition) is 2. The van der Waals surface area contributed by atoms with Crippen LogP contribution in [0.1, 0.15) is 20.8 Å². The predicted octanol–water partition coefficient (Wildman–Crippen LogP) is 1.66. The molecule has 0 fully saturated rings. The monoisotopic (exact) mass is 181 g/mol. The van der Waals surface area contributed by atoms with Crippen LogP contribution in [0.4, 0.5) is 8.78 Å². The van der Waals surface area contributed by atoms with Gasteiger partial charge >= 0.3 is 0 Å². The van der Waals surface area contributed by atoms with Crippen LogP contribution in [0.2, 0.25) is 0 Å². The third kappa shape index (κ3) is 6.49. The normalized spacial score (nSPS) is 12.5. The molecular formula is C8H17F2NO. The SMILES string of the molecule is CCOC(C)(C)CNCC(F)F. The van der Waals surface area contributed by atoms with Crippen LogP contribution in [0.15, 0.2) is 0 Å². The van der Waals surface area contributed by atoms with Gasteiger partial charge in [-0.3, -0.25) is 0 Å². The van der Waals surface area contributed by atoms with E-state index in [-0.39, 0.29) is 12.1 Å². The quantitative estimate of drug-likeness (QED) is 0.672. The number of ether oxygens (including phenoxy) is 1. The van der Waals surface area contributed by atoms with E-state index in [9.17, 15) is 8.78 Å². The maximum Gasteiger partial charge on any atom is 0.250 e. The minimum absolute atomic E-state index is 0.267. The number of alkyl halides is 2. The van der Waals surface area contributed by atoms with E-state index in [0.29, 0.717) is 13.2 Å². The van der Waals surface area contributed by atoms with Crippen LogP contribution in [0.25, 0.3) is 0 Å². The van der Waals surface area contributed by atoms with Gasteiger partial charge in [0.05, 0.1) is 12.1 Å². The maximum atomic E-state index is 11.7. The van der Waals surface area contributed by atoms with Gasteiger partial charge < -0.3 is 10.1 Å². The second-order valence-electron chi connectivity index (χ2n) is 3.21. The summed E-state index contributed by atoms with van der Waals surface area (Å²) in [5, 5.41) is 2.63. The van der Waals surface area contributed by atoms with Gasteiger partial charge in [-0.2, -0.15) is 0 Å². The summed E-state index contributed by atoms with van der Waals surface area (Å²) < 4.78 is 28.7. The molecule has 2 nitrogen and oxygen atoms in total. The molecule has 0 saturated heterocycles. The van der Waals surface area contributed by atoms with Gasteiger partial charge in [-0.1, -0.05) is 0 Å². The van der Waals surface area contributed by atoms with Crippen molar-refractivity contribution in [2.75, 3.05) is 19.7 Å². The molecule has 0 heterocycles. The largest absolute Gasteiger partial charge is 0.375 e. The molecule has 12 heavy (non-hydrogen) atoms. The summed E-state index contributed by atoms with van der Waals surface area (Å²) >= 11 is 0. The molecule has 0 spiro atoms. The molecule has 4 heteroatoms. The lowest BCUT2D eigenvalue weighted by molar-refractivity contribution is -0.0111. The number of nitrogens with one attached hydrogen (secondary N) is 1. The highest BCUT2D eigenvalue weighted by Gasteiger charge is 2.17. The van der Waals surface area contributed by atoms with Gasteiger partial charge in [-0.15, -0.1) is 0 Å². The average Bonchev–Trinajstić information content (AvgIpc) is 1.85. The molecule has 74 valence electrons. The lowest BCUT2D eigenvalue weighted by atomic mass is 10.1. The fourth-order valence-electron chi connectivity index (χ4n) is 0.924. The van der Waals surface area contributed by atoms with Gasteiger partial charge in [0, 0.05) is 13.2 Å². The maximum absolute atomic E-state index is 11.7. The molecule has 0 bridgehead atoms. The van der Waals surface area contributed by atoms with Crippen LogP contribution < -0.4 is 5.32 Å². The first-order chi connectivity index (χ1) is 5.48. The van der Waals surface area contributed by atoms with Crippen molar-refractivity contribution in [3.63, 3.8) is 0 Å². The first kappa shape index (κ1) is 11.8. The molecule has 0 unspecified atom stereocenters. The van der Waals surface area contributed by atoms with Gasteiger partial charge in [0.25, 0.3) is 6.43 Å². The molecule has 0 rings (SSSR count). The zero-order valence-electron chi connectivity index (χ0n) is 7.86. The van der Waals surface area contributed by atoms with E-state index < -0.39 is 6.43 Å². The Morgan fingerprint density at radius 2 is 2.00 bits per heavy atom. The lowest BCUT2D eigenvalue weighted by Crippen LogP contribution is -2.39. The Morgan fingerprint density at radius 3 is 2.42 bits per heavy atom. The molecule has 0 amide bonds. The molecule has 0 aromatic heterocycles. The Hall–Kier alpha value is -0.220. The summed E-state index contributed by atoms with van der Waals surface area (Å²) in [5.41, 5.74) is -0.357. The van der Waals surface area contributed by atoms with E-state index in [1.54, 1.807) is 0 Å². The van der Waals surface area contributed by atoms with Crippen LogP contribution >= 0.6 is 0 Å². The van der Waals surface area contributed by atoms with Crippen molar-refractivity contribution in [3.8, 4) is 0 Å². The van der Waals surface area contributed by atoms with Gasteiger partial charge in [-0.25, -0.2) is 8.78 Å².